The number of hydrogen-bond acceptors (Lipinski definition) is 4. The molecular weight excluding hydrogens is 426 g/mol. The van der Waals surface area contributed by atoms with Crippen molar-refractivity contribution in [1.82, 2.24) is 10.2 Å². The smallest absolute Gasteiger partial charge is 0.244 e. The molecule has 2 aromatic carbocycles. The molecule has 0 radical (unpaired) electrons. The fourth-order valence-corrected chi connectivity index (χ4v) is 4.72. The van der Waals surface area contributed by atoms with Crippen molar-refractivity contribution < 1.29 is 18.0 Å². The first-order valence-corrected chi connectivity index (χ1v) is 12.4. The van der Waals surface area contributed by atoms with Gasteiger partial charge in [0, 0.05) is 13.6 Å². The average Bonchev–Trinajstić information content (AvgIpc) is 2.73. The number of aryl methyl sites for hydroxylation is 3. The third-order valence-electron chi connectivity index (χ3n) is 5.47. The van der Waals surface area contributed by atoms with Gasteiger partial charge in [0.2, 0.25) is 21.8 Å². The Morgan fingerprint density at radius 3 is 2.03 bits per heavy atom. The number of anilines is 1. The topological polar surface area (TPSA) is 86.8 Å². The minimum atomic E-state index is -3.74. The molecule has 0 aliphatic heterocycles. The second-order valence-electron chi connectivity index (χ2n) is 8.06. The summed E-state index contributed by atoms with van der Waals surface area (Å²) >= 11 is 0. The number of nitrogens with zero attached hydrogens (tertiary/aromatic N) is 2. The van der Waals surface area contributed by atoms with Crippen LogP contribution in [-0.2, 0) is 26.2 Å². The van der Waals surface area contributed by atoms with Crippen LogP contribution in [0.5, 0.6) is 0 Å². The van der Waals surface area contributed by atoms with E-state index >= 15 is 0 Å². The number of para-hydroxylation sites is 1. The second-order valence-corrected chi connectivity index (χ2v) is 9.96. The summed E-state index contributed by atoms with van der Waals surface area (Å²) in [6.45, 7) is 7.25. The summed E-state index contributed by atoms with van der Waals surface area (Å²) in [6, 6.07) is 12.5. The Bertz CT molecular complexity index is 1040. The van der Waals surface area contributed by atoms with Crippen LogP contribution >= 0.6 is 0 Å². The van der Waals surface area contributed by atoms with E-state index in [0.29, 0.717) is 12.1 Å². The number of amides is 2. The third kappa shape index (κ3) is 6.09. The quantitative estimate of drug-likeness (QED) is 0.625. The SMILES string of the molecule is CC[C@@H](C(=O)NC)N(Cc1ccc(C)cc1)C(=O)CN(c1c(C)cccc1C)S(C)(=O)=O. The summed E-state index contributed by atoms with van der Waals surface area (Å²) in [6.07, 6.45) is 1.49. The molecule has 0 fully saturated rings. The van der Waals surface area contributed by atoms with Gasteiger partial charge in [0.25, 0.3) is 0 Å². The summed E-state index contributed by atoms with van der Waals surface area (Å²) < 4.78 is 26.5. The van der Waals surface area contributed by atoms with Gasteiger partial charge in [-0.25, -0.2) is 8.42 Å². The molecule has 0 aliphatic carbocycles. The zero-order valence-corrected chi connectivity index (χ0v) is 20.5. The van der Waals surface area contributed by atoms with Crippen molar-refractivity contribution in [2.75, 3.05) is 24.2 Å². The second kappa shape index (κ2) is 10.6. The van der Waals surface area contributed by atoms with Crippen molar-refractivity contribution in [1.29, 1.82) is 0 Å². The zero-order chi connectivity index (χ0) is 24.1. The predicted molar refractivity (Wildman–Crippen MR) is 128 cm³/mol. The van der Waals surface area contributed by atoms with Crippen molar-refractivity contribution in [2.45, 2.75) is 46.7 Å². The molecule has 0 spiro atoms. The molecule has 174 valence electrons. The van der Waals surface area contributed by atoms with Gasteiger partial charge in [-0.2, -0.15) is 0 Å². The Balaban J connectivity index is 2.48. The van der Waals surface area contributed by atoms with E-state index in [9.17, 15) is 18.0 Å². The highest BCUT2D eigenvalue weighted by molar-refractivity contribution is 7.92. The van der Waals surface area contributed by atoms with Crippen LogP contribution in [0.4, 0.5) is 5.69 Å². The lowest BCUT2D eigenvalue weighted by atomic mass is 10.1. The third-order valence-corrected chi connectivity index (χ3v) is 6.59. The van der Waals surface area contributed by atoms with E-state index < -0.39 is 22.0 Å². The van der Waals surface area contributed by atoms with Crippen molar-refractivity contribution in [3.05, 3.63) is 64.7 Å². The van der Waals surface area contributed by atoms with Gasteiger partial charge < -0.3 is 10.2 Å². The summed E-state index contributed by atoms with van der Waals surface area (Å²) in [5.41, 5.74) is 3.96. The van der Waals surface area contributed by atoms with Crippen LogP contribution in [0.15, 0.2) is 42.5 Å². The number of carbonyl (C=O) groups is 2. The summed E-state index contributed by atoms with van der Waals surface area (Å²) in [5.74, 6) is -0.722. The molecular formula is C24H33N3O4S. The molecule has 2 rings (SSSR count). The largest absolute Gasteiger partial charge is 0.357 e. The van der Waals surface area contributed by atoms with Gasteiger partial charge in [-0.3, -0.25) is 13.9 Å². The molecule has 32 heavy (non-hydrogen) atoms. The standard InChI is InChI=1S/C24H33N3O4S/c1-7-21(24(29)25-5)26(15-20-13-11-17(2)12-14-20)22(28)16-27(32(6,30)31)23-18(3)9-8-10-19(23)4/h8-14,21H,7,15-16H2,1-6H3,(H,25,29)/t21-/m0/s1. The molecule has 0 saturated carbocycles. The molecule has 1 N–H and O–H groups in total. The summed E-state index contributed by atoms with van der Waals surface area (Å²) in [4.78, 5) is 27.6. The van der Waals surface area contributed by atoms with Crippen molar-refractivity contribution in [3.8, 4) is 0 Å². The number of hydrogen-bond donors (Lipinski definition) is 1. The number of sulfonamides is 1. The fourth-order valence-electron chi connectivity index (χ4n) is 3.75. The van der Waals surface area contributed by atoms with Crippen molar-refractivity contribution in [2.24, 2.45) is 0 Å². The van der Waals surface area contributed by atoms with E-state index in [-0.39, 0.29) is 19.0 Å². The molecule has 0 heterocycles. The van der Waals surface area contributed by atoms with Gasteiger partial charge >= 0.3 is 0 Å². The maximum absolute atomic E-state index is 13.5. The average molecular weight is 460 g/mol. The van der Waals surface area contributed by atoms with E-state index in [0.717, 1.165) is 32.8 Å². The Morgan fingerprint density at radius 1 is 1.00 bits per heavy atom. The van der Waals surface area contributed by atoms with Crippen LogP contribution in [0, 0.1) is 20.8 Å². The molecule has 7 nitrogen and oxygen atoms in total. The zero-order valence-electron chi connectivity index (χ0n) is 19.7. The van der Waals surface area contributed by atoms with E-state index in [1.54, 1.807) is 0 Å². The van der Waals surface area contributed by atoms with Gasteiger partial charge in [0.1, 0.15) is 12.6 Å². The minimum absolute atomic E-state index is 0.204. The highest BCUT2D eigenvalue weighted by atomic mass is 32.2. The number of rotatable bonds is 9. The van der Waals surface area contributed by atoms with E-state index in [1.165, 1.54) is 11.9 Å². The van der Waals surface area contributed by atoms with E-state index in [4.69, 9.17) is 0 Å². The van der Waals surface area contributed by atoms with Crippen LogP contribution in [-0.4, -0.2) is 51.0 Å². The molecule has 0 saturated heterocycles. The van der Waals surface area contributed by atoms with Crippen LogP contribution in [0.2, 0.25) is 0 Å². The van der Waals surface area contributed by atoms with Gasteiger partial charge in [-0.15, -0.1) is 0 Å². The van der Waals surface area contributed by atoms with Gasteiger partial charge in [0.05, 0.1) is 11.9 Å². The first-order valence-electron chi connectivity index (χ1n) is 10.6. The maximum Gasteiger partial charge on any atom is 0.244 e. The van der Waals surface area contributed by atoms with E-state index in [1.807, 2.05) is 70.2 Å². The Labute approximate surface area is 191 Å². The number of benzene rings is 2. The minimum Gasteiger partial charge on any atom is -0.357 e. The summed E-state index contributed by atoms with van der Waals surface area (Å²) in [7, 11) is -2.22. The summed E-state index contributed by atoms with van der Waals surface area (Å²) in [5, 5.41) is 2.62. The highest BCUT2D eigenvalue weighted by Crippen LogP contribution is 2.27. The Morgan fingerprint density at radius 2 is 1.56 bits per heavy atom. The lowest BCUT2D eigenvalue weighted by Gasteiger charge is -2.33. The lowest BCUT2D eigenvalue weighted by Crippen LogP contribution is -2.51. The molecule has 0 aliphatic rings. The molecule has 2 aromatic rings. The van der Waals surface area contributed by atoms with Crippen molar-refractivity contribution >= 4 is 27.5 Å². The van der Waals surface area contributed by atoms with E-state index in [2.05, 4.69) is 5.32 Å². The van der Waals surface area contributed by atoms with Crippen LogP contribution < -0.4 is 9.62 Å². The molecule has 0 bridgehead atoms. The van der Waals surface area contributed by atoms with Crippen LogP contribution in [0.25, 0.3) is 0 Å². The first kappa shape index (κ1) is 25.4. The van der Waals surface area contributed by atoms with Gasteiger partial charge in [-0.1, -0.05) is 55.0 Å². The Hall–Kier alpha value is -2.87. The molecule has 2 amide bonds. The Kier molecular flexibility index (Phi) is 8.44. The number of likely N-dealkylation sites (N-methyl/N-ethyl adjacent to an activating group) is 1. The maximum atomic E-state index is 13.5. The molecule has 0 aromatic heterocycles. The lowest BCUT2D eigenvalue weighted by molar-refractivity contribution is -0.140. The fraction of sp³-hybridized carbons (Fsp3) is 0.417. The predicted octanol–water partition coefficient (Wildman–Crippen LogP) is 2.93. The van der Waals surface area contributed by atoms with Crippen LogP contribution in [0.1, 0.15) is 35.6 Å². The van der Waals surface area contributed by atoms with Crippen molar-refractivity contribution in [3.63, 3.8) is 0 Å². The number of carbonyl (C=O) groups excluding carboxylic acids is 2. The molecule has 1 atom stereocenters. The molecule has 8 heteroatoms. The number of nitrogens with one attached hydrogen (secondary N) is 1. The van der Waals surface area contributed by atoms with Gasteiger partial charge in [-0.05, 0) is 43.9 Å². The monoisotopic (exact) mass is 459 g/mol. The molecule has 0 unspecified atom stereocenters. The first-order chi connectivity index (χ1) is 15.0. The van der Waals surface area contributed by atoms with Crippen LogP contribution in [0.3, 0.4) is 0 Å². The highest BCUT2D eigenvalue weighted by Gasteiger charge is 2.32. The van der Waals surface area contributed by atoms with Gasteiger partial charge in [0.15, 0.2) is 0 Å². The normalized spacial score (nSPS) is 12.2.